The third-order valence-electron chi connectivity index (χ3n) is 5.07. The fourth-order valence-electron chi connectivity index (χ4n) is 3.62. The van der Waals surface area contributed by atoms with Crippen molar-refractivity contribution in [1.82, 2.24) is 20.1 Å². The summed E-state index contributed by atoms with van der Waals surface area (Å²) >= 11 is 1.49. The minimum absolute atomic E-state index is 0.0211. The van der Waals surface area contributed by atoms with Gasteiger partial charge in [-0.3, -0.25) is 9.89 Å². The SMILES string of the molecule is C[C@]1(c2ccccc2)CCCN(C(=O)c2ccc(CSc3ncn[nH]3)o2)C1. The number of rotatable bonds is 5. The molecule has 3 aromatic rings. The quantitative estimate of drug-likeness (QED) is 0.678. The van der Waals surface area contributed by atoms with Crippen LogP contribution in [0.25, 0.3) is 0 Å². The Labute approximate surface area is 162 Å². The summed E-state index contributed by atoms with van der Waals surface area (Å²) < 4.78 is 5.80. The smallest absolute Gasteiger partial charge is 0.289 e. The molecule has 1 amide bonds. The van der Waals surface area contributed by atoms with Crippen LogP contribution in [0.15, 0.2) is 58.4 Å². The van der Waals surface area contributed by atoms with E-state index in [2.05, 4.69) is 46.4 Å². The number of aromatic nitrogens is 3. The summed E-state index contributed by atoms with van der Waals surface area (Å²) in [6.45, 7) is 3.71. The summed E-state index contributed by atoms with van der Waals surface area (Å²) in [6.07, 6.45) is 3.55. The fraction of sp³-hybridized carbons (Fsp3) is 0.350. The minimum Gasteiger partial charge on any atom is -0.455 e. The highest BCUT2D eigenvalue weighted by atomic mass is 32.2. The molecule has 0 radical (unpaired) electrons. The van der Waals surface area contributed by atoms with Crippen molar-refractivity contribution >= 4 is 17.7 Å². The number of piperidine rings is 1. The number of aromatic amines is 1. The number of thioether (sulfide) groups is 1. The van der Waals surface area contributed by atoms with E-state index in [1.54, 1.807) is 6.07 Å². The summed E-state index contributed by atoms with van der Waals surface area (Å²) in [6, 6.07) is 14.1. The predicted molar refractivity (Wildman–Crippen MR) is 104 cm³/mol. The highest BCUT2D eigenvalue weighted by Gasteiger charge is 2.35. The number of hydrogen-bond acceptors (Lipinski definition) is 5. The second-order valence-corrected chi connectivity index (χ2v) is 8.07. The van der Waals surface area contributed by atoms with Crippen LogP contribution in [0.3, 0.4) is 0 Å². The van der Waals surface area contributed by atoms with E-state index in [-0.39, 0.29) is 11.3 Å². The standard InChI is InChI=1S/C20H22N4O2S/c1-20(15-6-3-2-4-7-15)10-5-11-24(13-20)18(25)17-9-8-16(26-17)12-27-19-21-14-22-23-19/h2-4,6-9,14H,5,10-13H2,1H3,(H,21,22,23)/t20-/m0/s1. The Kier molecular flexibility index (Phi) is 5.03. The lowest BCUT2D eigenvalue weighted by molar-refractivity contribution is 0.0617. The average molecular weight is 382 g/mol. The van der Waals surface area contributed by atoms with Gasteiger partial charge in [-0.05, 0) is 30.5 Å². The Balaban J connectivity index is 1.43. The summed E-state index contributed by atoms with van der Waals surface area (Å²) in [5.74, 6) is 1.72. The third kappa shape index (κ3) is 3.93. The van der Waals surface area contributed by atoms with Gasteiger partial charge in [-0.2, -0.15) is 5.10 Å². The molecule has 1 aliphatic rings. The summed E-state index contributed by atoms with van der Waals surface area (Å²) in [5.41, 5.74) is 1.26. The second-order valence-electron chi connectivity index (χ2n) is 7.10. The van der Waals surface area contributed by atoms with Gasteiger partial charge in [0, 0.05) is 18.5 Å². The lowest BCUT2D eigenvalue weighted by atomic mass is 9.76. The first kappa shape index (κ1) is 17.9. The van der Waals surface area contributed by atoms with Crippen LogP contribution >= 0.6 is 11.8 Å². The largest absolute Gasteiger partial charge is 0.455 e. The first-order chi connectivity index (χ1) is 13.1. The maximum atomic E-state index is 13.0. The Morgan fingerprint density at radius 2 is 2.15 bits per heavy atom. The van der Waals surface area contributed by atoms with Crippen LogP contribution < -0.4 is 0 Å². The lowest BCUT2D eigenvalue weighted by Gasteiger charge is -2.40. The molecule has 4 rings (SSSR count). The van der Waals surface area contributed by atoms with Gasteiger partial charge in [-0.1, -0.05) is 49.0 Å². The number of furan rings is 1. The molecule has 2 aromatic heterocycles. The number of carbonyl (C=O) groups excluding carboxylic acids is 1. The normalized spacial score (nSPS) is 20.0. The Morgan fingerprint density at radius 3 is 2.93 bits per heavy atom. The van der Waals surface area contributed by atoms with Gasteiger partial charge in [0.25, 0.3) is 5.91 Å². The number of nitrogens with one attached hydrogen (secondary N) is 1. The maximum Gasteiger partial charge on any atom is 0.289 e. The molecule has 0 bridgehead atoms. The van der Waals surface area contributed by atoms with Gasteiger partial charge < -0.3 is 9.32 Å². The molecular formula is C20H22N4O2S. The number of amides is 1. The molecule has 3 heterocycles. The number of benzene rings is 1. The molecule has 27 heavy (non-hydrogen) atoms. The lowest BCUT2D eigenvalue weighted by Crippen LogP contribution is -2.47. The molecule has 7 heteroatoms. The van der Waals surface area contributed by atoms with Crippen LogP contribution in [-0.2, 0) is 11.2 Å². The van der Waals surface area contributed by atoms with E-state index in [4.69, 9.17) is 4.42 Å². The number of likely N-dealkylation sites (tertiary alicyclic amines) is 1. The Hall–Kier alpha value is -2.54. The minimum atomic E-state index is -0.0345. The summed E-state index contributed by atoms with van der Waals surface area (Å²) in [5, 5.41) is 7.35. The third-order valence-corrected chi connectivity index (χ3v) is 5.97. The first-order valence-electron chi connectivity index (χ1n) is 9.06. The molecule has 1 atom stereocenters. The van der Waals surface area contributed by atoms with E-state index >= 15 is 0 Å². The highest BCUT2D eigenvalue weighted by Crippen LogP contribution is 2.34. The van der Waals surface area contributed by atoms with Crippen LogP contribution in [-0.4, -0.2) is 39.1 Å². The van der Waals surface area contributed by atoms with Gasteiger partial charge in [0.15, 0.2) is 10.9 Å². The summed E-state index contributed by atoms with van der Waals surface area (Å²) in [7, 11) is 0. The van der Waals surface area contributed by atoms with E-state index in [0.29, 0.717) is 18.1 Å². The van der Waals surface area contributed by atoms with Crippen molar-refractivity contribution in [3.63, 3.8) is 0 Å². The van der Waals surface area contributed by atoms with Gasteiger partial charge in [-0.25, -0.2) is 4.98 Å². The van der Waals surface area contributed by atoms with Crippen molar-refractivity contribution in [2.75, 3.05) is 13.1 Å². The monoisotopic (exact) mass is 382 g/mol. The average Bonchev–Trinajstić information content (AvgIpc) is 3.38. The molecular weight excluding hydrogens is 360 g/mol. The van der Waals surface area contributed by atoms with Crippen molar-refractivity contribution in [3.05, 3.63) is 65.9 Å². The van der Waals surface area contributed by atoms with Crippen LogP contribution in [0.1, 0.15) is 41.6 Å². The van der Waals surface area contributed by atoms with Crippen molar-refractivity contribution in [1.29, 1.82) is 0 Å². The molecule has 1 N–H and O–H groups in total. The molecule has 140 valence electrons. The van der Waals surface area contributed by atoms with Crippen LogP contribution in [0, 0.1) is 0 Å². The van der Waals surface area contributed by atoms with Crippen LogP contribution in [0.4, 0.5) is 0 Å². The molecule has 1 fully saturated rings. The van der Waals surface area contributed by atoms with Gasteiger partial charge in [0.1, 0.15) is 12.1 Å². The number of hydrogen-bond donors (Lipinski definition) is 1. The molecule has 0 saturated carbocycles. The van der Waals surface area contributed by atoms with E-state index < -0.39 is 0 Å². The van der Waals surface area contributed by atoms with Gasteiger partial charge in [0.05, 0.1) is 5.75 Å². The summed E-state index contributed by atoms with van der Waals surface area (Å²) in [4.78, 5) is 19.0. The second kappa shape index (κ2) is 7.60. The molecule has 1 saturated heterocycles. The number of nitrogens with zero attached hydrogens (tertiary/aromatic N) is 3. The molecule has 0 spiro atoms. The fourth-order valence-corrected chi connectivity index (χ4v) is 4.29. The van der Waals surface area contributed by atoms with Gasteiger partial charge in [0.2, 0.25) is 0 Å². The van der Waals surface area contributed by atoms with Crippen molar-refractivity contribution in [3.8, 4) is 0 Å². The van der Waals surface area contributed by atoms with Gasteiger partial charge in [-0.15, -0.1) is 0 Å². The maximum absolute atomic E-state index is 13.0. The van der Waals surface area contributed by atoms with Crippen LogP contribution in [0.5, 0.6) is 0 Å². The zero-order valence-electron chi connectivity index (χ0n) is 15.2. The van der Waals surface area contributed by atoms with Crippen molar-refractivity contribution in [2.45, 2.75) is 36.1 Å². The number of carbonyl (C=O) groups is 1. The Morgan fingerprint density at radius 1 is 1.30 bits per heavy atom. The van der Waals surface area contributed by atoms with Gasteiger partial charge >= 0.3 is 0 Å². The van der Waals surface area contributed by atoms with Crippen LogP contribution in [0.2, 0.25) is 0 Å². The van der Waals surface area contributed by atoms with Crippen molar-refractivity contribution in [2.24, 2.45) is 0 Å². The van der Waals surface area contributed by atoms with Crippen molar-refractivity contribution < 1.29 is 9.21 Å². The van der Waals surface area contributed by atoms with E-state index in [9.17, 15) is 4.79 Å². The zero-order valence-corrected chi connectivity index (χ0v) is 16.0. The molecule has 1 aliphatic heterocycles. The topological polar surface area (TPSA) is 75.0 Å². The molecule has 1 aromatic carbocycles. The molecule has 6 nitrogen and oxygen atoms in total. The first-order valence-corrected chi connectivity index (χ1v) is 10.0. The molecule has 0 unspecified atom stereocenters. The Bertz CT molecular complexity index is 894. The van der Waals surface area contributed by atoms with E-state index in [0.717, 1.165) is 30.3 Å². The highest BCUT2D eigenvalue weighted by molar-refractivity contribution is 7.98. The predicted octanol–water partition coefficient (Wildman–Crippen LogP) is 3.88. The van der Waals surface area contributed by atoms with E-state index in [1.807, 2.05) is 17.0 Å². The van der Waals surface area contributed by atoms with E-state index in [1.165, 1.54) is 23.7 Å². The zero-order chi connectivity index (χ0) is 18.7. The number of H-pyrrole nitrogens is 1. The molecule has 0 aliphatic carbocycles.